The van der Waals surface area contributed by atoms with Crippen molar-refractivity contribution in [3.8, 4) is 61.3 Å². The van der Waals surface area contributed by atoms with Crippen molar-refractivity contribution in [3.05, 3.63) is 267 Å². The minimum absolute atomic E-state index is 1.06. The fourth-order valence-electron chi connectivity index (χ4n) is 9.94. The number of hydrogen-bond acceptors (Lipinski definition) is 1. The molecule has 0 amide bonds. The molecular formula is C64H44N2. The van der Waals surface area contributed by atoms with Crippen LogP contribution in [0.5, 0.6) is 0 Å². The molecule has 0 bridgehead atoms. The predicted molar refractivity (Wildman–Crippen MR) is 280 cm³/mol. The Morgan fingerprint density at radius 3 is 1.55 bits per heavy atom. The Morgan fingerprint density at radius 1 is 0.288 bits per heavy atom. The molecule has 0 N–H and O–H groups in total. The molecule has 1 heterocycles. The maximum absolute atomic E-state index is 2.49. The van der Waals surface area contributed by atoms with Gasteiger partial charge in [-0.2, -0.15) is 0 Å². The first-order valence-corrected chi connectivity index (χ1v) is 22.7. The third-order valence-corrected chi connectivity index (χ3v) is 13.0. The second kappa shape index (κ2) is 16.8. The monoisotopic (exact) mass is 840 g/mol. The van der Waals surface area contributed by atoms with Gasteiger partial charge in [0, 0.05) is 33.3 Å². The highest BCUT2D eigenvalue weighted by Crippen LogP contribution is 2.49. The Labute approximate surface area is 385 Å². The van der Waals surface area contributed by atoms with E-state index in [-0.39, 0.29) is 0 Å². The van der Waals surface area contributed by atoms with Crippen molar-refractivity contribution in [2.45, 2.75) is 0 Å². The minimum atomic E-state index is 1.06. The SMILES string of the molecule is c1ccc(-c2ccc(N(c3cc(-c4ccccc4)ccc3-c3ccccc3)c3cccc(-c4ccccc4)c3-c3cccc(-n4c5ccccc5c5c6ccccc6ccc54)c3)cc2)cc1. The van der Waals surface area contributed by atoms with Crippen molar-refractivity contribution in [1.82, 2.24) is 4.57 Å². The van der Waals surface area contributed by atoms with Crippen LogP contribution >= 0.6 is 0 Å². The van der Waals surface area contributed by atoms with E-state index < -0.39 is 0 Å². The molecule has 2 nitrogen and oxygen atoms in total. The van der Waals surface area contributed by atoms with Crippen molar-refractivity contribution in [2.24, 2.45) is 0 Å². The minimum Gasteiger partial charge on any atom is -0.309 e. The van der Waals surface area contributed by atoms with E-state index in [0.717, 1.165) is 61.7 Å². The zero-order valence-corrected chi connectivity index (χ0v) is 36.3. The van der Waals surface area contributed by atoms with Gasteiger partial charge >= 0.3 is 0 Å². The molecule has 12 aromatic rings. The zero-order valence-electron chi connectivity index (χ0n) is 36.3. The summed E-state index contributed by atoms with van der Waals surface area (Å²) in [5.41, 5.74) is 18.3. The van der Waals surface area contributed by atoms with Gasteiger partial charge < -0.3 is 9.47 Å². The van der Waals surface area contributed by atoms with Crippen LogP contribution in [0, 0.1) is 0 Å². The lowest BCUT2D eigenvalue weighted by Crippen LogP contribution is -2.13. The lowest BCUT2D eigenvalue weighted by molar-refractivity contribution is 1.18. The number of aromatic nitrogens is 1. The maximum Gasteiger partial charge on any atom is 0.0547 e. The molecule has 12 rings (SSSR count). The third kappa shape index (κ3) is 6.93. The first-order valence-electron chi connectivity index (χ1n) is 22.7. The van der Waals surface area contributed by atoms with Crippen LogP contribution < -0.4 is 4.90 Å². The van der Waals surface area contributed by atoms with Crippen molar-refractivity contribution < 1.29 is 0 Å². The van der Waals surface area contributed by atoms with E-state index in [2.05, 4.69) is 276 Å². The molecule has 0 fully saturated rings. The van der Waals surface area contributed by atoms with Gasteiger partial charge in [-0.3, -0.25) is 0 Å². The normalized spacial score (nSPS) is 11.3. The smallest absolute Gasteiger partial charge is 0.0547 e. The van der Waals surface area contributed by atoms with E-state index in [1.165, 1.54) is 49.3 Å². The number of benzene rings is 11. The summed E-state index contributed by atoms with van der Waals surface area (Å²) >= 11 is 0. The molecule has 0 radical (unpaired) electrons. The number of anilines is 3. The lowest BCUT2D eigenvalue weighted by atomic mass is 9.90. The van der Waals surface area contributed by atoms with Gasteiger partial charge in [0.25, 0.3) is 0 Å². The van der Waals surface area contributed by atoms with Gasteiger partial charge in [0.05, 0.1) is 22.4 Å². The fraction of sp³-hybridized carbons (Fsp3) is 0. The fourth-order valence-corrected chi connectivity index (χ4v) is 9.94. The summed E-state index contributed by atoms with van der Waals surface area (Å²) < 4.78 is 2.45. The molecule has 0 saturated heterocycles. The highest BCUT2D eigenvalue weighted by Gasteiger charge is 2.25. The van der Waals surface area contributed by atoms with E-state index in [1.54, 1.807) is 0 Å². The third-order valence-electron chi connectivity index (χ3n) is 13.0. The molecule has 0 aliphatic heterocycles. The summed E-state index contributed by atoms with van der Waals surface area (Å²) in [5, 5.41) is 5.03. The molecule has 0 aliphatic rings. The lowest BCUT2D eigenvalue weighted by Gasteiger charge is -2.31. The van der Waals surface area contributed by atoms with Crippen LogP contribution in [0.1, 0.15) is 0 Å². The zero-order chi connectivity index (χ0) is 43.8. The highest BCUT2D eigenvalue weighted by atomic mass is 15.1. The van der Waals surface area contributed by atoms with Crippen LogP contribution in [0.15, 0.2) is 267 Å². The molecule has 2 heteroatoms. The van der Waals surface area contributed by atoms with E-state index in [1.807, 2.05) is 0 Å². The Kier molecular flexibility index (Phi) is 9.89. The Bertz CT molecular complexity index is 3670. The number of hydrogen-bond donors (Lipinski definition) is 0. The molecule has 0 saturated carbocycles. The standard InChI is InChI=1S/C64H44N2/c1-5-19-45(20-6-1)47-35-39-53(40-36-47)65(62-44-51(46-21-7-2-8-22-46)37-41-55(62)48-23-9-3-10-24-48)60-34-18-32-56(49-25-11-4-12-26-49)63(60)52-28-17-29-54(43-52)66-59-33-16-15-31-58(59)64-57-30-14-13-27-50(57)38-42-61(64)66/h1-44H. The molecule has 0 atom stereocenters. The number of fused-ring (bicyclic) bond motifs is 5. The molecule has 66 heavy (non-hydrogen) atoms. The first-order chi connectivity index (χ1) is 32.8. The van der Waals surface area contributed by atoms with Gasteiger partial charge in [0.15, 0.2) is 0 Å². The second-order valence-electron chi connectivity index (χ2n) is 16.9. The molecule has 0 unspecified atom stereocenters. The van der Waals surface area contributed by atoms with Crippen LogP contribution in [0.25, 0.3) is 93.9 Å². The highest BCUT2D eigenvalue weighted by molar-refractivity contribution is 6.21. The van der Waals surface area contributed by atoms with Crippen LogP contribution in [0.2, 0.25) is 0 Å². The van der Waals surface area contributed by atoms with E-state index in [0.29, 0.717) is 0 Å². The van der Waals surface area contributed by atoms with E-state index in [9.17, 15) is 0 Å². The molecular weight excluding hydrogens is 797 g/mol. The number of nitrogens with zero attached hydrogens (tertiary/aromatic N) is 2. The van der Waals surface area contributed by atoms with Crippen LogP contribution in [0.3, 0.4) is 0 Å². The van der Waals surface area contributed by atoms with Crippen LogP contribution in [-0.4, -0.2) is 4.57 Å². The average Bonchev–Trinajstić information content (AvgIpc) is 3.75. The molecule has 0 spiro atoms. The quantitative estimate of drug-likeness (QED) is 0.141. The Balaban J connectivity index is 1.14. The molecule has 1 aromatic heterocycles. The Hall–Kier alpha value is -8.72. The summed E-state index contributed by atoms with van der Waals surface area (Å²) in [6.07, 6.45) is 0. The van der Waals surface area contributed by atoms with Crippen molar-refractivity contribution >= 4 is 49.6 Å². The molecule has 310 valence electrons. The van der Waals surface area contributed by atoms with E-state index in [4.69, 9.17) is 0 Å². The van der Waals surface area contributed by atoms with Crippen molar-refractivity contribution in [3.63, 3.8) is 0 Å². The van der Waals surface area contributed by atoms with Crippen molar-refractivity contribution in [1.29, 1.82) is 0 Å². The topological polar surface area (TPSA) is 8.17 Å². The van der Waals surface area contributed by atoms with Gasteiger partial charge in [-0.25, -0.2) is 0 Å². The summed E-state index contributed by atoms with van der Waals surface area (Å²) in [6, 6.07) is 97.1. The summed E-state index contributed by atoms with van der Waals surface area (Å²) in [4.78, 5) is 2.49. The van der Waals surface area contributed by atoms with Gasteiger partial charge in [-0.1, -0.05) is 218 Å². The number of rotatable bonds is 9. The average molecular weight is 841 g/mol. The number of para-hydroxylation sites is 1. The summed E-state index contributed by atoms with van der Waals surface area (Å²) in [7, 11) is 0. The summed E-state index contributed by atoms with van der Waals surface area (Å²) in [6.45, 7) is 0. The van der Waals surface area contributed by atoms with Crippen LogP contribution in [0.4, 0.5) is 17.1 Å². The van der Waals surface area contributed by atoms with Crippen molar-refractivity contribution in [2.75, 3.05) is 4.90 Å². The van der Waals surface area contributed by atoms with Gasteiger partial charge in [0.2, 0.25) is 0 Å². The second-order valence-corrected chi connectivity index (χ2v) is 16.9. The molecule has 0 aliphatic carbocycles. The largest absolute Gasteiger partial charge is 0.309 e. The molecule has 11 aromatic carbocycles. The van der Waals surface area contributed by atoms with E-state index >= 15 is 0 Å². The Morgan fingerprint density at radius 2 is 0.833 bits per heavy atom. The maximum atomic E-state index is 2.49. The van der Waals surface area contributed by atoms with Crippen LogP contribution in [-0.2, 0) is 0 Å². The van der Waals surface area contributed by atoms with Gasteiger partial charge in [-0.05, 0) is 104 Å². The predicted octanol–water partition coefficient (Wildman–Crippen LogP) is 17.7. The van der Waals surface area contributed by atoms with Gasteiger partial charge in [-0.15, -0.1) is 0 Å². The first kappa shape index (κ1) is 38.9. The van der Waals surface area contributed by atoms with Gasteiger partial charge in [0.1, 0.15) is 0 Å². The summed E-state index contributed by atoms with van der Waals surface area (Å²) in [5.74, 6) is 0.